The molecule has 0 N–H and O–H groups in total. The Labute approximate surface area is 193 Å². The van der Waals surface area contributed by atoms with Gasteiger partial charge >= 0.3 is 7.12 Å². The van der Waals surface area contributed by atoms with Crippen molar-refractivity contribution in [2.45, 2.75) is 76.6 Å². The Hall–Kier alpha value is -1.59. The summed E-state index contributed by atoms with van der Waals surface area (Å²) in [6.07, 6.45) is -0.173. The van der Waals surface area contributed by atoms with Gasteiger partial charge in [-0.25, -0.2) is 0 Å². The fourth-order valence-electron chi connectivity index (χ4n) is 6.16. The maximum Gasteiger partial charge on any atom is 0.494 e. The highest BCUT2D eigenvalue weighted by Gasteiger charge is 2.57. The zero-order valence-electron chi connectivity index (χ0n) is 20.6. The van der Waals surface area contributed by atoms with Gasteiger partial charge in [0.2, 0.25) is 0 Å². The molecule has 0 saturated carbocycles. The predicted molar refractivity (Wildman–Crippen MR) is 131 cm³/mol. The van der Waals surface area contributed by atoms with Crippen LogP contribution in [0.15, 0.2) is 36.4 Å². The summed E-state index contributed by atoms with van der Waals surface area (Å²) in [7, 11) is 3.22. The zero-order chi connectivity index (χ0) is 23.0. The van der Waals surface area contributed by atoms with E-state index in [2.05, 4.69) is 77.7 Å². The Balaban J connectivity index is 1.53. The molecule has 1 saturated heterocycles. The molecule has 32 heavy (non-hydrogen) atoms. The second kappa shape index (κ2) is 7.46. The predicted octanol–water partition coefficient (Wildman–Crippen LogP) is 3.78. The normalized spacial score (nSPS) is 29.1. The smallest absolute Gasteiger partial charge is 0.401 e. The molecule has 0 aromatic heterocycles. The van der Waals surface area contributed by atoms with Crippen LogP contribution in [-0.2, 0) is 29.6 Å². The van der Waals surface area contributed by atoms with Gasteiger partial charge in [-0.3, -0.25) is 0 Å². The van der Waals surface area contributed by atoms with Crippen molar-refractivity contribution in [3.63, 3.8) is 0 Å². The summed E-state index contributed by atoms with van der Waals surface area (Å²) in [6, 6.07) is 13.3. The number of fused-ring (bicyclic) bond motifs is 4. The average Bonchev–Trinajstić information content (AvgIpc) is 3.36. The van der Waals surface area contributed by atoms with Crippen molar-refractivity contribution in [3.05, 3.63) is 58.7 Å². The molecule has 4 nitrogen and oxygen atoms in total. The highest BCUT2D eigenvalue weighted by molar-refractivity contribution is 6.71. The van der Waals surface area contributed by atoms with Crippen molar-refractivity contribution in [1.29, 1.82) is 0 Å². The Morgan fingerprint density at radius 3 is 2.06 bits per heavy atom. The van der Waals surface area contributed by atoms with Gasteiger partial charge in [-0.15, -0.1) is 0 Å². The summed E-state index contributed by atoms with van der Waals surface area (Å²) in [4.78, 5) is 0. The molecule has 0 unspecified atom stereocenters. The van der Waals surface area contributed by atoms with Gasteiger partial charge in [-0.1, -0.05) is 83.2 Å². The molecule has 2 aromatic rings. The zero-order valence-corrected chi connectivity index (χ0v) is 20.6. The highest BCUT2D eigenvalue weighted by Crippen LogP contribution is 2.56. The summed E-state index contributed by atoms with van der Waals surface area (Å²) in [5.41, 5.74) is 7.19. The van der Waals surface area contributed by atoms with Crippen LogP contribution in [0, 0.1) is 0 Å². The fourth-order valence-corrected chi connectivity index (χ4v) is 6.16. The van der Waals surface area contributed by atoms with Gasteiger partial charge in [-0.2, -0.15) is 0 Å². The summed E-state index contributed by atoms with van der Waals surface area (Å²) in [5.74, 6) is 0. The summed E-state index contributed by atoms with van der Waals surface area (Å²) < 4.78 is 25.0. The van der Waals surface area contributed by atoms with E-state index >= 15 is 0 Å². The number of hydrogen-bond acceptors (Lipinski definition) is 4. The molecule has 168 valence electrons. The van der Waals surface area contributed by atoms with Gasteiger partial charge in [0.05, 0.1) is 18.3 Å². The first-order chi connectivity index (χ1) is 15.1. The second-order valence-electron chi connectivity index (χ2n) is 11.0. The van der Waals surface area contributed by atoms with E-state index in [0.29, 0.717) is 6.71 Å². The molecule has 2 aromatic carbocycles. The Bertz CT molecular complexity index is 1030. The molecule has 6 heteroatoms. The van der Waals surface area contributed by atoms with E-state index in [4.69, 9.17) is 18.8 Å². The molecule has 0 amide bonds. The van der Waals surface area contributed by atoms with Crippen LogP contribution in [0.1, 0.15) is 62.2 Å². The molecular weight excluding hydrogens is 398 g/mol. The van der Waals surface area contributed by atoms with Crippen LogP contribution in [0.5, 0.6) is 0 Å². The van der Waals surface area contributed by atoms with Gasteiger partial charge in [0.25, 0.3) is 0 Å². The molecule has 0 spiro atoms. The molecule has 1 fully saturated rings. The SMILES string of the molecule is CO[C@H]1c2cc3c(cc2C(C)(C)[C@H]1OC)[C@@H]1OB(c2ccc(B(C)C)cc2)O[C@@H]1C3(C)C. The molecule has 0 bridgehead atoms. The molecule has 1 aliphatic heterocycles. The first kappa shape index (κ1) is 22.2. The summed E-state index contributed by atoms with van der Waals surface area (Å²) in [5, 5.41) is 0. The minimum atomic E-state index is -0.335. The van der Waals surface area contributed by atoms with E-state index in [1.807, 2.05) is 0 Å². The van der Waals surface area contributed by atoms with E-state index < -0.39 is 0 Å². The molecule has 4 atom stereocenters. The molecule has 1 heterocycles. The lowest BCUT2D eigenvalue weighted by atomic mass is 9.49. The number of hydrogen-bond donors (Lipinski definition) is 0. The largest absolute Gasteiger partial charge is 0.494 e. The van der Waals surface area contributed by atoms with Crippen LogP contribution in [0.2, 0.25) is 13.6 Å². The average molecular weight is 432 g/mol. The van der Waals surface area contributed by atoms with Crippen LogP contribution in [0.4, 0.5) is 0 Å². The minimum Gasteiger partial charge on any atom is -0.401 e. The van der Waals surface area contributed by atoms with Crippen molar-refractivity contribution in [1.82, 2.24) is 0 Å². The van der Waals surface area contributed by atoms with E-state index in [1.54, 1.807) is 14.2 Å². The van der Waals surface area contributed by atoms with Crippen LogP contribution < -0.4 is 10.9 Å². The van der Waals surface area contributed by atoms with Crippen molar-refractivity contribution in [2.75, 3.05) is 14.2 Å². The van der Waals surface area contributed by atoms with Crippen molar-refractivity contribution >= 4 is 24.8 Å². The molecule has 5 rings (SSSR count). The van der Waals surface area contributed by atoms with Crippen LogP contribution in [-0.4, -0.2) is 40.3 Å². The first-order valence-electron chi connectivity index (χ1n) is 11.8. The van der Waals surface area contributed by atoms with Crippen LogP contribution >= 0.6 is 0 Å². The number of methoxy groups -OCH3 is 2. The molecule has 0 radical (unpaired) electrons. The Morgan fingerprint density at radius 1 is 0.844 bits per heavy atom. The maximum absolute atomic E-state index is 6.58. The number of benzene rings is 2. The van der Waals surface area contributed by atoms with E-state index in [1.165, 1.54) is 27.7 Å². The van der Waals surface area contributed by atoms with Crippen molar-refractivity contribution in [3.8, 4) is 0 Å². The highest BCUT2D eigenvalue weighted by atomic mass is 16.7. The summed E-state index contributed by atoms with van der Waals surface area (Å²) >= 11 is 0. The number of ether oxygens (including phenoxy) is 2. The van der Waals surface area contributed by atoms with Gasteiger partial charge in [0, 0.05) is 25.0 Å². The summed E-state index contributed by atoms with van der Waals surface area (Å²) in [6.45, 7) is 14.0. The lowest BCUT2D eigenvalue weighted by Gasteiger charge is -2.29. The van der Waals surface area contributed by atoms with Crippen molar-refractivity contribution in [2.24, 2.45) is 0 Å². The Morgan fingerprint density at radius 2 is 1.47 bits per heavy atom. The maximum atomic E-state index is 6.58. The lowest BCUT2D eigenvalue weighted by molar-refractivity contribution is -0.0557. The fraction of sp³-hybridized carbons (Fsp3) is 0.538. The minimum absolute atomic E-state index is 0.0165. The van der Waals surface area contributed by atoms with Crippen molar-refractivity contribution < 1.29 is 18.8 Å². The molecular formula is C26H34B2O4. The van der Waals surface area contributed by atoms with E-state index in [9.17, 15) is 0 Å². The number of rotatable bonds is 4. The van der Waals surface area contributed by atoms with E-state index in [0.717, 1.165) is 5.46 Å². The Kier molecular flexibility index (Phi) is 5.18. The lowest BCUT2D eigenvalue weighted by Crippen LogP contribution is -2.38. The van der Waals surface area contributed by atoms with Gasteiger partial charge < -0.3 is 18.8 Å². The van der Waals surface area contributed by atoms with Gasteiger partial charge in [-0.05, 0) is 27.7 Å². The first-order valence-corrected chi connectivity index (χ1v) is 11.8. The topological polar surface area (TPSA) is 36.9 Å². The quantitative estimate of drug-likeness (QED) is 0.690. The van der Waals surface area contributed by atoms with Crippen LogP contribution in [0.3, 0.4) is 0 Å². The molecule has 3 aliphatic rings. The monoisotopic (exact) mass is 432 g/mol. The third kappa shape index (κ3) is 3.00. The standard InChI is InChI=1S/C26H34B2O4/c1-25(2)19-14-18-20(13-17(19)21(29-7)23(25)30-8)26(3,4)24-22(18)31-28(32-24)16-11-9-15(10-12-16)27(5)6/h9-14,21-24H,1-8H3/t21-,22-,23-,24-/m0/s1. The van der Waals surface area contributed by atoms with Crippen LogP contribution in [0.25, 0.3) is 0 Å². The third-order valence-electron chi connectivity index (χ3n) is 8.12. The van der Waals surface area contributed by atoms with Gasteiger partial charge in [0.15, 0.2) is 6.71 Å². The van der Waals surface area contributed by atoms with E-state index in [-0.39, 0.29) is 42.4 Å². The third-order valence-corrected chi connectivity index (χ3v) is 8.12. The van der Waals surface area contributed by atoms with Gasteiger partial charge in [0.1, 0.15) is 6.10 Å². The second-order valence-corrected chi connectivity index (χ2v) is 11.0. The molecule has 2 aliphatic carbocycles.